The molecule has 7 heteroatoms. The third-order valence-corrected chi connectivity index (χ3v) is 5.82. The van der Waals surface area contributed by atoms with Crippen LogP contribution < -0.4 is 5.73 Å². The monoisotopic (exact) mass is 351 g/mol. The standard InChI is InChI=1S/C17H25N3O3S/c18-13-17(3-9-23-10-4-17)16(22)20-6-1-5-19(7-8-20)15(21)14-2-11-24-12-14/h2,11-12H,1,3-10,13,18H2. The van der Waals surface area contributed by atoms with Gasteiger partial charge in [-0.2, -0.15) is 11.3 Å². The number of rotatable bonds is 3. The highest BCUT2D eigenvalue weighted by molar-refractivity contribution is 7.08. The third kappa shape index (κ3) is 3.48. The fourth-order valence-electron chi connectivity index (χ4n) is 3.50. The lowest BCUT2D eigenvalue weighted by molar-refractivity contribution is -0.147. The van der Waals surface area contributed by atoms with Crippen LogP contribution in [0.4, 0.5) is 0 Å². The molecule has 1 aromatic rings. The Hall–Kier alpha value is -1.44. The number of carbonyl (C=O) groups excluding carboxylic acids is 2. The molecular formula is C17H25N3O3S. The summed E-state index contributed by atoms with van der Waals surface area (Å²) in [6.45, 7) is 4.10. The van der Waals surface area contributed by atoms with Crippen molar-refractivity contribution in [2.24, 2.45) is 11.1 Å². The molecule has 1 aromatic heterocycles. The summed E-state index contributed by atoms with van der Waals surface area (Å²) in [6.07, 6.45) is 2.19. The molecule has 0 radical (unpaired) electrons. The van der Waals surface area contributed by atoms with Gasteiger partial charge < -0.3 is 20.3 Å². The van der Waals surface area contributed by atoms with Crippen LogP contribution in [0, 0.1) is 5.41 Å². The number of nitrogens with two attached hydrogens (primary N) is 1. The second-order valence-corrected chi connectivity index (χ2v) is 7.33. The van der Waals surface area contributed by atoms with E-state index in [9.17, 15) is 9.59 Å². The maximum atomic E-state index is 13.1. The van der Waals surface area contributed by atoms with Gasteiger partial charge in [0.15, 0.2) is 0 Å². The topological polar surface area (TPSA) is 75.9 Å². The molecule has 3 heterocycles. The molecule has 2 aliphatic heterocycles. The van der Waals surface area contributed by atoms with Gasteiger partial charge in [-0.3, -0.25) is 9.59 Å². The lowest BCUT2D eigenvalue weighted by Gasteiger charge is -2.38. The van der Waals surface area contributed by atoms with Crippen LogP contribution in [0.2, 0.25) is 0 Å². The molecule has 0 aromatic carbocycles. The minimum atomic E-state index is -0.481. The van der Waals surface area contributed by atoms with Crippen molar-refractivity contribution in [3.8, 4) is 0 Å². The first-order chi connectivity index (χ1) is 11.7. The minimum absolute atomic E-state index is 0.0603. The van der Waals surface area contributed by atoms with Gasteiger partial charge in [0.05, 0.1) is 11.0 Å². The Morgan fingerprint density at radius 3 is 2.54 bits per heavy atom. The predicted octanol–water partition coefficient (Wildman–Crippen LogP) is 1.18. The SMILES string of the molecule is NCC1(C(=O)N2CCCN(C(=O)c3ccsc3)CC2)CCOCC1. The van der Waals surface area contributed by atoms with Crippen LogP contribution in [0.25, 0.3) is 0 Å². The van der Waals surface area contributed by atoms with Gasteiger partial charge in [-0.15, -0.1) is 0 Å². The Bertz CT molecular complexity index is 570. The van der Waals surface area contributed by atoms with Gasteiger partial charge in [0.2, 0.25) is 5.91 Å². The molecule has 2 saturated heterocycles. The number of amides is 2. The molecule has 3 rings (SSSR count). The average molecular weight is 351 g/mol. The lowest BCUT2D eigenvalue weighted by Crippen LogP contribution is -2.51. The molecule has 132 valence electrons. The quantitative estimate of drug-likeness (QED) is 0.887. The van der Waals surface area contributed by atoms with Gasteiger partial charge in [-0.05, 0) is 30.7 Å². The van der Waals surface area contributed by atoms with Crippen molar-refractivity contribution in [3.63, 3.8) is 0 Å². The number of ether oxygens (including phenoxy) is 1. The zero-order valence-corrected chi connectivity index (χ0v) is 14.7. The summed E-state index contributed by atoms with van der Waals surface area (Å²) in [6, 6.07) is 1.85. The first kappa shape index (κ1) is 17.4. The van der Waals surface area contributed by atoms with E-state index in [0.717, 1.165) is 12.0 Å². The molecule has 0 atom stereocenters. The van der Waals surface area contributed by atoms with Crippen molar-refractivity contribution in [2.75, 3.05) is 45.9 Å². The summed E-state index contributed by atoms with van der Waals surface area (Å²) >= 11 is 1.53. The molecule has 2 amide bonds. The third-order valence-electron chi connectivity index (χ3n) is 5.13. The molecule has 0 bridgehead atoms. The smallest absolute Gasteiger partial charge is 0.254 e. The molecular weight excluding hydrogens is 326 g/mol. The van der Waals surface area contributed by atoms with Crippen molar-refractivity contribution < 1.29 is 14.3 Å². The Balaban J connectivity index is 1.64. The van der Waals surface area contributed by atoms with Crippen molar-refractivity contribution in [1.82, 2.24) is 9.80 Å². The normalized spacial score (nSPS) is 21.4. The first-order valence-electron chi connectivity index (χ1n) is 8.55. The van der Waals surface area contributed by atoms with Crippen LogP contribution in [0.3, 0.4) is 0 Å². The van der Waals surface area contributed by atoms with E-state index in [1.165, 1.54) is 11.3 Å². The summed E-state index contributed by atoms with van der Waals surface area (Å²) in [5.74, 6) is 0.197. The highest BCUT2D eigenvalue weighted by Crippen LogP contribution is 2.32. The summed E-state index contributed by atoms with van der Waals surface area (Å²) in [5.41, 5.74) is 6.22. The Morgan fingerprint density at radius 2 is 1.88 bits per heavy atom. The Morgan fingerprint density at radius 1 is 1.17 bits per heavy atom. The van der Waals surface area contributed by atoms with E-state index in [-0.39, 0.29) is 11.8 Å². The average Bonchev–Trinajstić information content (AvgIpc) is 3.06. The van der Waals surface area contributed by atoms with E-state index < -0.39 is 5.41 Å². The van der Waals surface area contributed by atoms with Crippen LogP contribution in [0.5, 0.6) is 0 Å². The van der Waals surface area contributed by atoms with Crippen molar-refractivity contribution in [2.45, 2.75) is 19.3 Å². The number of thiophene rings is 1. The van der Waals surface area contributed by atoms with Gasteiger partial charge in [-0.1, -0.05) is 0 Å². The molecule has 0 saturated carbocycles. The number of carbonyl (C=O) groups is 2. The first-order valence-corrected chi connectivity index (χ1v) is 9.49. The van der Waals surface area contributed by atoms with Crippen LogP contribution >= 0.6 is 11.3 Å². The van der Waals surface area contributed by atoms with Crippen LogP contribution in [-0.2, 0) is 9.53 Å². The molecule has 0 unspecified atom stereocenters. The molecule has 6 nitrogen and oxygen atoms in total. The van der Waals surface area contributed by atoms with Crippen LogP contribution in [0.15, 0.2) is 16.8 Å². The van der Waals surface area contributed by atoms with Crippen molar-refractivity contribution in [3.05, 3.63) is 22.4 Å². The van der Waals surface area contributed by atoms with E-state index in [1.807, 2.05) is 26.6 Å². The second kappa shape index (κ2) is 7.63. The fraction of sp³-hybridized carbons (Fsp3) is 0.647. The van der Waals surface area contributed by atoms with E-state index >= 15 is 0 Å². The van der Waals surface area contributed by atoms with Crippen LogP contribution in [-0.4, -0.2) is 67.6 Å². The predicted molar refractivity (Wildman–Crippen MR) is 93.0 cm³/mol. The van der Waals surface area contributed by atoms with Gasteiger partial charge in [0.1, 0.15) is 0 Å². The zero-order chi connectivity index (χ0) is 17.0. The highest BCUT2D eigenvalue weighted by atomic mass is 32.1. The molecule has 0 aliphatic carbocycles. The number of nitrogens with zero attached hydrogens (tertiary/aromatic N) is 2. The largest absolute Gasteiger partial charge is 0.381 e. The van der Waals surface area contributed by atoms with E-state index in [2.05, 4.69) is 0 Å². The fourth-order valence-corrected chi connectivity index (χ4v) is 4.12. The van der Waals surface area contributed by atoms with E-state index in [1.54, 1.807) is 0 Å². The molecule has 0 spiro atoms. The van der Waals surface area contributed by atoms with Gasteiger partial charge in [0, 0.05) is 51.3 Å². The Kier molecular flexibility index (Phi) is 5.53. The molecule has 2 N–H and O–H groups in total. The summed E-state index contributed by atoms with van der Waals surface area (Å²) in [7, 11) is 0. The maximum Gasteiger partial charge on any atom is 0.254 e. The molecule has 2 aliphatic rings. The second-order valence-electron chi connectivity index (χ2n) is 6.55. The van der Waals surface area contributed by atoms with Gasteiger partial charge in [-0.25, -0.2) is 0 Å². The molecule has 2 fully saturated rings. The van der Waals surface area contributed by atoms with Crippen molar-refractivity contribution >= 4 is 23.2 Å². The summed E-state index contributed by atoms with van der Waals surface area (Å²) in [4.78, 5) is 29.3. The van der Waals surface area contributed by atoms with Gasteiger partial charge in [0.25, 0.3) is 5.91 Å². The Labute approximate surface area is 146 Å². The summed E-state index contributed by atoms with van der Waals surface area (Å²) in [5, 5.41) is 3.79. The van der Waals surface area contributed by atoms with Crippen LogP contribution in [0.1, 0.15) is 29.6 Å². The van der Waals surface area contributed by atoms with E-state index in [4.69, 9.17) is 10.5 Å². The number of hydrogen-bond donors (Lipinski definition) is 1. The maximum absolute atomic E-state index is 13.1. The lowest BCUT2D eigenvalue weighted by atomic mass is 9.79. The highest BCUT2D eigenvalue weighted by Gasteiger charge is 2.41. The summed E-state index contributed by atoms with van der Waals surface area (Å²) < 4.78 is 5.40. The van der Waals surface area contributed by atoms with Crippen molar-refractivity contribution in [1.29, 1.82) is 0 Å². The zero-order valence-electron chi connectivity index (χ0n) is 13.9. The molecule has 24 heavy (non-hydrogen) atoms. The number of hydrogen-bond acceptors (Lipinski definition) is 5. The van der Waals surface area contributed by atoms with E-state index in [0.29, 0.717) is 58.8 Å². The minimum Gasteiger partial charge on any atom is -0.381 e. The van der Waals surface area contributed by atoms with Gasteiger partial charge >= 0.3 is 0 Å².